The first-order chi connectivity index (χ1) is 19.9. The minimum absolute atomic E-state index is 0.0781. The molecule has 1 N–H and O–H groups in total. The lowest BCUT2D eigenvalue weighted by Crippen LogP contribution is -2.28. The summed E-state index contributed by atoms with van der Waals surface area (Å²) in [6.07, 6.45) is 2.89. The number of benzene rings is 1. The molecule has 218 valence electrons. The van der Waals surface area contributed by atoms with Crippen molar-refractivity contribution in [2.75, 3.05) is 30.1 Å². The van der Waals surface area contributed by atoms with E-state index < -0.39 is 11.7 Å². The highest BCUT2D eigenvalue weighted by Crippen LogP contribution is 2.36. The van der Waals surface area contributed by atoms with Crippen LogP contribution < -0.4 is 15.0 Å². The van der Waals surface area contributed by atoms with E-state index in [2.05, 4.69) is 20.3 Å². The summed E-state index contributed by atoms with van der Waals surface area (Å²) in [7, 11) is 3.38. The normalized spacial score (nSPS) is 12.9. The molecule has 1 aliphatic heterocycles. The Morgan fingerprint density at radius 3 is 2.57 bits per heavy atom. The zero-order valence-electron chi connectivity index (χ0n) is 24.7. The molecule has 12 heteroatoms. The molecule has 3 aromatic heterocycles. The monoisotopic (exact) mass is 587 g/mol. The quantitative estimate of drug-likeness (QED) is 0.296. The molecule has 4 aromatic rings. The lowest BCUT2D eigenvalue weighted by molar-refractivity contribution is -0.114. The van der Waals surface area contributed by atoms with Crippen molar-refractivity contribution in [3.63, 3.8) is 0 Å². The van der Waals surface area contributed by atoms with Crippen LogP contribution in [0, 0.1) is 13.8 Å². The first-order valence-electron chi connectivity index (χ1n) is 13.4. The van der Waals surface area contributed by atoms with Crippen LogP contribution in [0.4, 0.5) is 16.4 Å². The van der Waals surface area contributed by atoms with Crippen LogP contribution in [0.15, 0.2) is 47.1 Å². The maximum atomic E-state index is 13.6. The highest BCUT2D eigenvalue weighted by atomic mass is 32.2. The summed E-state index contributed by atoms with van der Waals surface area (Å²) in [4.78, 5) is 41.7. The van der Waals surface area contributed by atoms with Gasteiger partial charge in [0.15, 0.2) is 5.65 Å². The van der Waals surface area contributed by atoms with Crippen molar-refractivity contribution in [2.24, 2.45) is 0 Å². The number of nitrogens with one attached hydrogen (secondary N) is 1. The lowest BCUT2D eigenvalue weighted by atomic mass is 10.1. The molecule has 0 spiro atoms. The Kier molecular flexibility index (Phi) is 7.91. The number of anilines is 2. The molecule has 0 fully saturated rings. The number of hydrogen-bond donors (Lipinski definition) is 1. The number of aryl methyl sites for hydroxylation is 1. The third-order valence-electron chi connectivity index (χ3n) is 6.65. The zero-order valence-corrected chi connectivity index (χ0v) is 25.5. The van der Waals surface area contributed by atoms with Gasteiger partial charge in [-0.15, -0.1) is 11.8 Å². The highest BCUT2D eigenvalue weighted by molar-refractivity contribution is 7.99. The van der Waals surface area contributed by atoms with Gasteiger partial charge in [0.05, 0.1) is 30.4 Å². The van der Waals surface area contributed by atoms with Crippen LogP contribution in [0.25, 0.3) is 17.1 Å². The van der Waals surface area contributed by atoms with Crippen LogP contribution >= 0.6 is 11.8 Å². The van der Waals surface area contributed by atoms with Gasteiger partial charge < -0.3 is 14.4 Å². The van der Waals surface area contributed by atoms with Crippen molar-refractivity contribution in [2.45, 2.75) is 51.8 Å². The van der Waals surface area contributed by atoms with Crippen LogP contribution in [0.3, 0.4) is 0 Å². The van der Waals surface area contributed by atoms with Gasteiger partial charge in [-0.2, -0.15) is 10.1 Å². The first-order valence-corrected chi connectivity index (χ1v) is 14.4. The fraction of sp³-hybridized carbons (Fsp3) is 0.333. The molecule has 11 nitrogen and oxygen atoms in total. The molecule has 42 heavy (non-hydrogen) atoms. The molecule has 0 atom stereocenters. The number of thioether (sulfide) groups is 1. The zero-order chi connectivity index (χ0) is 30.2. The first kappa shape index (κ1) is 29.1. The van der Waals surface area contributed by atoms with Crippen LogP contribution in [0.5, 0.6) is 5.75 Å². The number of rotatable bonds is 6. The van der Waals surface area contributed by atoms with Gasteiger partial charge in [-0.1, -0.05) is 18.2 Å². The smallest absolute Gasteiger partial charge is 0.414 e. The molecule has 5 rings (SSSR count). The van der Waals surface area contributed by atoms with E-state index in [1.54, 1.807) is 56.8 Å². The Labute approximate surface area is 248 Å². The van der Waals surface area contributed by atoms with Crippen molar-refractivity contribution in [1.82, 2.24) is 24.7 Å². The van der Waals surface area contributed by atoms with E-state index in [4.69, 9.17) is 14.6 Å². The van der Waals surface area contributed by atoms with Crippen LogP contribution in [0.2, 0.25) is 0 Å². The summed E-state index contributed by atoms with van der Waals surface area (Å²) >= 11 is 1.39. The van der Waals surface area contributed by atoms with E-state index in [1.165, 1.54) is 11.8 Å². The summed E-state index contributed by atoms with van der Waals surface area (Å²) in [6.45, 7) is 9.52. The van der Waals surface area contributed by atoms with E-state index >= 15 is 0 Å². The third kappa shape index (κ3) is 5.94. The predicted octanol–water partition coefficient (Wildman–Crippen LogP) is 5.39. The Hall–Kier alpha value is -4.45. The second-order valence-electron chi connectivity index (χ2n) is 10.9. The fourth-order valence-electron chi connectivity index (χ4n) is 4.67. The van der Waals surface area contributed by atoms with Gasteiger partial charge in [-0.3, -0.25) is 15.1 Å². The number of carbonyl (C=O) groups is 2. The second kappa shape index (κ2) is 11.4. The SMILES string of the molecule is COc1c(C)cnc(Cn2nc3c4c(nc(NC(=O)OC(C)(C)C)nc42)SCC(C(=O)N(C)c2ccccc2)=C3)c1C. The Bertz CT molecular complexity index is 1710. The molecule has 1 aromatic carbocycles. The van der Waals surface area contributed by atoms with Gasteiger partial charge in [-0.05, 0) is 52.8 Å². The lowest BCUT2D eigenvalue weighted by Gasteiger charge is -2.19. The number of aromatic nitrogens is 5. The van der Waals surface area contributed by atoms with Gasteiger partial charge in [0.1, 0.15) is 16.4 Å². The number of likely N-dealkylation sites (N-methyl/N-ethyl adjacent to an activating group) is 1. The summed E-state index contributed by atoms with van der Waals surface area (Å²) in [5.74, 6) is 1.05. The van der Waals surface area contributed by atoms with Gasteiger partial charge in [0.2, 0.25) is 5.95 Å². The molecule has 0 bridgehead atoms. The molecule has 0 saturated heterocycles. The molecule has 1 aliphatic rings. The van der Waals surface area contributed by atoms with E-state index in [0.29, 0.717) is 33.1 Å². The van der Waals surface area contributed by atoms with Crippen molar-refractivity contribution in [3.05, 3.63) is 64.6 Å². The van der Waals surface area contributed by atoms with Gasteiger partial charge >= 0.3 is 6.09 Å². The Morgan fingerprint density at radius 2 is 1.88 bits per heavy atom. The topological polar surface area (TPSA) is 124 Å². The Morgan fingerprint density at radius 1 is 1.14 bits per heavy atom. The maximum Gasteiger partial charge on any atom is 0.414 e. The number of ether oxygens (including phenoxy) is 2. The Balaban J connectivity index is 1.59. The van der Waals surface area contributed by atoms with Crippen molar-refractivity contribution in [1.29, 1.82) is 0 Å². The van der Waals surface area contributed by atoms with Gasteiger partial charge in [0, 0.05) is 41.4 Å². The minimum atomic E-state index is -0.693. The van der Waals surface area contributed by atoms with E-state index in [9.17, 15) is 9.59 Å². The molecular weight excluding hydrogens is 554 g/mol. The second-order valence-corrected chi connectivity index (χ2v) is 11.9. The summed E-state index contributed by atoms with van der Waals surface area (Å²) in [5.41, 5.74) is 4.28. The number of para-hydroxylation sites is 1. The van der Waals surface area contributed by atoms with Gasteiger partial charge in [0.25, 0.3) is 5.91 Å². The number of pyridine rings is 1. The van der Waals surface area contributed by atoms with Crippen LogP contribution in [-0.4, -0.2) is 62.2 Å². The van der Waals surface area contributed by atoms with Crippen molar-refractivity contribution >= 4 is 52.5 Å². The number of nitrogens with zero attached hydrogens (tertiary/aromatic N) is 6. The van der Waals surface area contributed by atoms with E-state index in [0.717, 1.165) is 28.3 Å². The number of methoxy groups -OCH3 is 1. The molecular formula is C30H33N7O4S. The summed E-state index contributed by atoms with van der Waals surface area (Å²) in [5, 5.41) is 8.81. The third-order valence-corrected chi connectivity index (χ3v) is 7.67. The average molecular weight is 588 g/mol. The molecule has 4 heterocycles. The minimum Gasteiger partial charge on any atom is -0.496 e. The van der Waals surface area contributed by atoms with E-state index in [-0.39, 0.29) is 18.4 Å². The van der Waals surface area contributed by atoms with Crippen molar-refractivity contribution < 1.29 is 19.1 Å². The summed E-state index contributed by atoms with van der Waals surface area (Å²) in [6, 6.07) is 9.46. The van der Waals surface area contributed by atoms with Crippen LogP contribution in [0.1, 0.15) is 43.3 Å². The van der Waals surface area contributed by atoms with Gasteiger partial charge in [-0.25, -0.2) is 14.5 Å². The average Bonchev–Trinajstić information content (AvgIpc) is 3.16. The largest absolute Gasteiger partial charge is 0.496 e. The standard InChI is InChI=1S/C30H33N7O4S/c1-17-14-31-22(18(2)24(17)40-7)15-37-25-23-21(35-37)13-19(27(38)36(6)20-11-9-8-10-12-20)16-42-26(23)33-28(32-25)34-29(39)41-30(3,4)5/h8-14H,15-16H2,1-7H3,(H,32,33,34,39). The molecule has 0 aliphatic carbocycles. The molecule has 2 amide bonds. The van der Waals surface area contributed by atoms with E-state index in [1.807, 2.05) is 44.2 Å². The van der Waals surface area contributed by atoms with Crippen molar-refractivity contribution in [3.8, 4) is 5.75 Å². The summed E-state index contributed by atoms with van der Waals surface area (Å²) < 4.78 is 12.7. The fourth-order valence-corrected chi connectivity index (χ4v) is 5.66. The highest BCUT2D eigenvalue weighted by Gasteiger charge is 2.27. The number of carbonyl (C=O) groups excluding carboxylic acids is 2. The van der Waals surface area contributed by atoms with Crippen LogP contribution in [-0.2, 0) is 16.1 Å². The predicted molar refractivity (Wildman–Crippen MR) is 163 cm³/mol. The maximum absolute atomic E-state index is 13.6. The molecule has 0 unspecified atom stereocenters. The number of hydrogen-bond acceptors (Lipinski definition) is 9. The number of amides is 2. The molecule has 0 saturated carbocycles. The molecule has 0 radical (unpaired) electrons.